The number of carbonyl (C=O) groups excluding carboxylic acids is 1. The molecule has 0 spiro atoms. The molecule has 0 aromatic rings. The molecule has 13 heavy (non-hydrogen) atoms. The number of hydrogen-bond donors (Lipinski definition) is 1. The lowest BCUT2D eigenvalue weighted by Gasteiger charge is -2.19. The van der Waals surface area contributed by atoms with Crippen LogP contribution in [0.15, 0.2) is 0 Å². The average Bonchev–Trinajstić information content (AvgIpc) is 2.63. The Bertz CT molecular complexity index is 184. The number of amides is 1. The molecule has 4 heteroatoms. The van der Waals surface area contributed by atoms with Crippen LogP contribution in [0.25, 0.3) is 0 Å². The van der Waals surface area contributed by atoms with Crippen LogP contribution in [0.1, 0.15) is 13.3 Å². The predicted molar refractivity (Wildman–Crippen MR) is 50.2 cm³/mol. The smallest absolute Gasteiger partial charge is 0.251 e. The number of methoxy groups -OCH3 is 1. The topological polar surface area (TPSA) is 55.6 Å². The zero-order valence-corrected chi connectivity index (χ0v) is 8.32. The molecule has 0 radical (unpaired) electrons. The molecule has 1 rings (SSSR count). The van der Waals surface area contributed by atoms with E-state index in [0.717, 1.165) is 19.5 Å². The Hall–Kier alpha value is -0.610. The van der Waals surface area contributed by atoms with Gasteiger partial charge < -0.3 is 15.4 Å². The maximum atomic E-state index is 11.6. The van der Waals surface area contributed by atoms with Gasteiger partial charge in [0.05, 0.1) is 0 Å². The minimum absolute atomic E-state index is 0.0819. The molecule has 1 amide bonds. The summed E-state index contributed by atoms with van der Waals surface area (Å²) >= 11 is 0. The highest BCUT2D eigenvalue weighted by Crippen LogP contribution is 2.15. The molecule has 2 unspecified atom stereocenters. The van der Waals surface area contributed by atoms with Crippen molar-refractivity contribution in [2.75, 3.05) is 26.7 Å². The first-order valence-electron chi connectivity index (χ1n) is 4.70. The molecule has 4 nitrogen and oxygen atoms in total. The highest BCUT2D eigenvalue weighted by atomic mass is 16.5. The van der Waals surface area contributed by atoms with E-state index < -0.39 is 0 Å². The Labute approximate surface area is 79.0 Å². The minimum atomic E-state index is -0.323. The van der Waals surface area contributed by atoms with E-state index in [-0.39, 0.29) is 12.0 Å². The fourth-order valence-corrected chi connectivity index (χ4v) is 1.58. The van der Waals surface area contributed by atoms with E-state index in [1.807, 2.05) is 4.90 Å². The van der Waals surface area contributed by atoms with Crippen molar-refractivity contribution in [2.24, 2.45) is 11.7 Å². The molecule has 0 aromatic heterocycles. The number of likely N-dealkylation sites (tertiary alicyclic amines) is 1. The molecule has 2 N–H and O–H groups in total. The summed E-state index contributed by atoms with van der Waals surface area (Å²) in [6, 6.07) is 0. The highest BCUT2D eigenvalue weighted by molar-refractivity contribution is 5.80. The Balaban J connectivity index is 2.41. The molecule has 0 aliphatic carbocycles. The van der Waals surface area contributed by atoms with Crippen molar-refractivity contribution in [3.05, 3.63) is 0 Å². The minimum Gasteiger partial charge on any atom is -0.372 e. The van der Waals surface area contributed by atoms with Gasteiger partial charge in [-0.3, -0.25) is 4.79 Å². The number of rotatable bonds is 3. The van der Waals surface area contributed by atoms with Crippen LogP contribution in [0.3, 0.4) is 0 Å². The van der Waals surface area contributed by atoms with Gasteiger partial charge in [0.1, 0.15) is 6.10 Å². The largest absolute Gasteiger partial charge is 0.372 e. The number of nitrogens with two attached hydrogens (primary N) is 1. The highest BCUT2D eigenvalue weighted by Gasteiger charge is 2.27. The fraction of sp³-hybridized carbons (Fsp3) is 0.889. The van der Waals surface area contributed by atoms with E-state index in [9.17, 15) is 4.79 Å². The lowest BCUT2D eigenvalue weighted by Crippen LogP contribution is -2.37. The van der Waals surface area contributed by atoms with Gasteiger partial charge >= 0.3 is 0 Å². The molecule has 76 valence electrons. The average molecular weight is 186 g/mol. The third-order valence-electron chi connectivity index (χ3n) is 2.63. The van der Waals surface area contributed by atoms with Gasteiger partial charge in [-0.1, -0.05) is 0 Å². The second-order valence-electron chi connectivity index (χ2n) is 3.55. The van der Waals surface area contributed by atoms with E-state index in [4.69, 9.17) is 10.5 Å². The summed E-state index contributed by atoms with van der Waals surface area (Å²) in [6.07, 6.45) is 0.704. The number of carbonyl (C=O) groups is 1. The van der Waals surface area contributed by atoms with Crippen LogP contribution in [0.2, 0.25) is 0 Å². The number of hydrogen-bond acceptors (Lipinski definition) is 3. The fourth-order valence-electron chi connectivity index (χ4n) is 1.58. The Kier molecular flexibility index (Phi) is 3.69. The lowest BCUT2D eigenvalue weighted by molar-refractivity contribution is -0.139. The van der Waals surface area contributed by atoms with Gasteiger partial charge in [-0.25, -0.2) is 0 Å². The molecule has 1 saturated heterocycles. The summed E-state index contributed by atoms with van der Waals surface area (Å²) in [5.74, 6) is 0.562. The molecular formula is C9H18N2O2. The molecular weight excluding hydrogens is 168 g/mol. The van der Waals surface area contributed by atoms with Gasteiger partial charge in [0, 0.05) is 20.2 Å². The summed E-state index contributed by atoms with van der Waals surface area (Å²) < 4.78 is 4.97. The maximum absolute atomic E-state index is 11.6. The summed E-state index contributed by atoms with van der Waals surface area (Å²) in [7, 11) is 1.55. The van der Waals surface area contributed by atoms with Crippen LogP contribution in [0.4, 0.5) is 0 Å². The third kappa shape index (κ3) is 2.42. The van der Waals surface area contributed by atoms with Crippen molar-refractivity contribution in [2.45, 2.75) is 19.4 Å². The standard InChI is InChI=1S/C9H18N2O2/c1-7(13-2)9(12)11-4-3-8(5-10)6-11/h7-8H,3-6,10H2,1-2H3. The number of nitrogens with zero attached hydrogens (tertiary/aromatic N) is 1. The van der Waals surface area contributed by atoms with Crippen molar-refractivity contribution >= 4 is 5.91 Å². The number of ether oxygens (including phenoxy) is 1. The second-order valence-corrected chi connectivity index (χ2v) is 3.55. The second kappa shape index (κ2) is 4.58. The first-order chi connectivity index (χ1) is 6.19. The third-order valence-corrected chi connectivity index (χ3v) is 2.63. The predicted octanol–water partition coefficient (Wildman–Crippen LogP) is -0.171. The van der Waals surface area contributed by atoms with Crippen LogP contribution >= 0.6 is 0 Å². The molecule has 1 fully saturated rings. The monoisotopic (exact) mass is 186 g/mol. The summed E-state index contributed by atoms with van der Waals surface area (Å²) in [6.45, 7) is 4.07. The van der Waals surface area contributed by atoms with Gasteiger partial charge in [-0.15, -0.1) is 0 Å². The first kappa shape index (κ1) is 10.5. The molecule has 1 aliphatic rings. The van der Waals surface area contributed by atoms with Crippen molar-refractivity contribution in [3.63, 3.8) is 0 Å². The summed E-state index contributed by atoms with van der Waals surface area (Å²) in [5.41, 5.74) is 5.54. The zero-order valence-electron chi connectivity index (χ0n) is 8.32. The van der Waals surface area contributed by atoms with Crippen LogP contribution in [0, 0.1) is 5.92 Å². The van der Waals surface area contributed by atoms with E-state index in [0.29, 0.717) is 12.5 Å². The van der Waals surface area contributed by atoms with E-state index in [1.165, 1.54) is 0 Å². The van der Waals surface area contributed by atoms with Crippen molar-refractivity contribution in [1.82, 2.24) is 4.90 Å². The van der Waals surface area contributed by atoms with Crippen LogP contribution in [-0.4, -0.2) is 43.7 Å². The van der Waals surface area contributed by atoms with Crippen molar-refractivity contribution < 1.29 is 9.53 Å². The Morgan fingerprint density at radius 3 is 2.92 bits per heavy atom. The van der Waals surface area contributed by atoms with Crippen LogP contribution in [-0.2, 0) is 9.53 Å². The van der Waals surface area contributed by atoms with Crippen LogP contribution in [0.5, 0.6) is 0 Å². The molecule has 0 aromatic carbocycles. The van der Waals surface area contributed by atoms with Crippen molar-refractivity contribution in [1.29, 1.82) is 0 Å². The molecule has 0 saturated carbocycles. The zero-order chi connectivity index (χ0) is 9.84. The van der Waals surface area contributed by atoms with Crippen LogP contribution < -0.4 is 5.73 Å². The molecule has 1 heterocycles. The van der Waals surface area contributed by atoms with Gasteiger partial charge in [0.2, 0.25) is 0 Å². The van der Waals surface area contributed by atoms with E-state index in [2.05, 4.69) is 0 Å². The molecule has 1 aliphatic heterocycles. The first-order valence-corrected chi connectivity index (χ1v) is 4.70. The van der Waals surface area contributed by atoms with Gasteiger partial charge in [-0.05, 0) is 25.8 Å². The van der Waals surface area contributed by atoms with E-state index in [1.54, 1.807) is 14.0 Å². The Morgan fingerprint density at radius 1 is 1.77 bits per heavy atom. The Morgan fingerprint density at radius 2 is 2.46 bits per heavy atom. The normalized spacial score (nSPS) is 24.8. The quantitative estimate of drug-likeness (QED) is 0.665. The summed E-state index contributed by atoms with van der Waals surface area (Å²) in [5, 5.41) is 0. The molecule has 0 bridgehead atoms. The van der Waals surface area contributed by atoms with Crippen molar-refractivity contribution in [3.8, 4) is 0 Å². The van der Waals surface area contributed by atoms with Gasteiger partial charge in [0.25, 0.3) is 5.91 Å². The maximum Gasteiger partial charge on any atom is 0.251 e. The SMILES string of the molecule is COC(C)C(=O)N1CCC(CN)C1. The van der Waals surface area contributed by atoms with E-state index >= 15 is 0 Å². The summed E-state index contributed by atoms with van der Waals surface area (Å²) in [4.78, 5) is 13.4. The lowest BCUT2D eigenvalue weighted by atomic mass is 10.1. The van der Waals surface area contributed by atoms with Gasteiger partial charge in [-0.2, -0.15) is 0 Å². The molecule has 2 atom stereocenters. The van der Waals surface area contributed by atoms with Gasteiger partial charge in [0.15, 0.2) is 0 Å².